The minimum atomic E-state index is 0.209. The third kappa shape index (κ3) is 3.06. The fourth-order valence-corrected chi connectivity index (χ4v) is 5.93. The van der Waals surface area contributed by atoms with Crippen LogP contribution in [0.2, 0.25) is 0 Å². The van der Waals surface area contributed by atoms with Crippen LogP contribution < -0.4 is 10.1 Å². The molecule has 0 saturated carbocycles. The fraction of sp³-hybridized carbons (Fsp3) is 0.727. The number of hydrogen-bond donors (Lipinski definition) is 1. The Kier molecular flexibility index (Phi) is 5.02. The molecule has 2 aliphatic heterocycles. The maximum atomic E-state index is 5.57. The molecule has 1 unspecified atom stereocenters. The highest BCUT2D eigenvalue weighted by Gasteiger charge is 2.51. The molecule has 1 aromatic carbocycles. The molecule has 0 aromatic heterocycles. The SMILES string of the molecule is COc1ccc2c(c1)C1(C)CCN(C)[C@H](C2)[C@H]1N(C)CC1CCNCC1. The van der Waals surface area contributed by atoms with Gasteiger partial charge in [0.15, 0.2) is 0 Å². The van der Waals surface area contributed by atoms with Crippen LogP contribution in [-0.4, -0.2) is 69.3 Å². The van der Waals surface area contributed by atoms with E-state index >= 15 is 0 Å². The van der Waals surface area contributed by atoms with Crippen LogP contribution in [-0.2, 0) is 11.8 Å². The third-order valence-electron chi connectivity index (χ3n) is 7.41. The van der Waals surface area contributed by atoms with E-state index in [1.165, 1.54) is 56.6 Å². The van der Waals surface area contributed by atoms with Gasteiger partial charge >= 0.3 is 0 Å². The Balaban J connectivity index is 1.66. The number of nitrogens with zero attached hydrogens (tertiary/aromatic N) is 2. The Labute approximate surface area is 158 Å². The highest BCUT2D eigenvalue weighted by atomic mass is 16.5. The molecular formula is C22H35N3O. The summed E-state index contributed by atoms with van der Waals surface area (Å²) in [6.07, 6.45) is 5.02. The van der Waals surface area contributed by atoms with Gasteiger partial charge in [0.25, 0.3) is 0 Å². The summed E-state index contributed by atoms with van der Waals surface area (Å²) in [7, 11) is 6.48. The first-order valence-electron chi connectivity index (χ1n) is 10.3. The van der Waals surface area contributed by atoms with Crippen LogP contribution in [0.15, 0.2) is 18.2 Å². The van der Waals surface area contributed by atoms with E-state index in [2.05, 4.69) is 54.3 Å². The van der Waals surface area contributed by atoms with Crippen molar-refractivity contribution in [2.75, 3.05) is 47.4 Å². The molecule has 2 bridgehead atoms. The Morgan fingerprint density at radius 3 is 2.81 bits per heavy atom. The number of rotatable bonds is 4. The molecule has 1 N–H and O–H groups in total. The summed E-state index contributed by atoms with van der Waals surface area (Å²) in [6.45, 7) is 7.29. The molecule has 2 heterocycles. The van der Waals surface area contributed by atoms with Crippen molar-refractivity contribution in [2.24, 2.45) is 5.92 Å². The molecule has 4 rings (SSSR count). The van der Waals surface area contributed by atoms with E-state index in [-0.39, 0.29) is 5.41 Å². The lowest BCUT2D eigenvalue weighted by atomic mass is 9.61. The van der Waals surface area contributed by atoms with Crippen LogP contribution in [0.4, 0.5) is 0 Å². The molecule has 1 aliphatic carbocycles. The lowest BCUT2D eigenvalue weighted by Crippen LogP contribution is -2.66. The van der Waals surface area contributed by atoms with Crippen molar-refractivity contribution in [2.45, 2.75) is 50.1 Å². The van der Waals surface area contributed by atoms with E-state index in [1.54, 1.807) is 7.11 Å². The van der Waals surface area contributed by atoms with Gasteiger partial charge in [-0.2, -0.15) is 0 Å². The second-order valence-corrected chi connectivity index (χ2v) is 9.02. The second kappa shape index (κ2) is 7.14. The van der Waals surface area contributed by atoms with E-state index in [1.807, 2.05) is 0 Å². The van der Waals surface area contributed by atoms with Crippen molar-refractivity contribution in [3.05, 3.63) is 29.3 Å². The number of benzene rings is 1. The lowest BCUT2D eigenvalue weighted by molar-refractivity contribution is -0.00510. The monoisotopic (exact) mass is 357 g/mol. The van der Waals surface area contributed by atoms with E-state index < -0.39 is 0 Å². The number of likely N-dealkylation sites (N-methyl/N-ethyl adjacent to an activating group) is 2. The number of methoxy groups -OCH3 is 1. The van der Waals surface area contributed by atoms with Gasteiger partial charge in [-0.15, -0.1) is 0 Å². The molecule has 26 heavy (non-hydrogen) atoms. The largest absolute Gasteiger partial charge is 0.497 e. The second-order valence-electron chi connectivity index (χ2n) is 9.02. The van der Waals surface area contributed by atoms with E-state index in [0.29, 0.717) is 12.1 Å². The van der Waals surface area contributed by atoms with Crippen LogP contribution in [0.25, 0.3) is 0 Å². The lowest BCUT2D eigenvalue weighted by Gasteiger charge is -2.58. The summed E-state index contributed by atoms with van der Waals surface area (Å²) in [5.41, 5.74) is 3.26. The molecule has 0 radical (unpaired) electrons. The van der Waals surface area contributed by atoms with E-state index in [0.717, 1.165) is 18.1 Å². The van der Waals surface area contributed by atoms with Crippen LogP contribution in [0.1, 0.15) is 37.3 Å². The van der Waals surface area contributed by atoms with Crippen molar-refractivity contribution in [1.82, 2.24) is 15.1 Å². The van der Waals surface area contributed by atoms with Gasteiger partial charge in [-0.05, 0) is 88.6 Å². The van der Waals surface area contributed by atoms with E-state index in [9.17, 15) is 0 Å². The number of likely N-dealkylation sites (tertiary alicyclic amines) is 1. The maximum absolute atomic E-state index is 5.57. The Hall–Kier alpha value is -1.10. The van der Waals surface area contributed by atoms with Crippen LogP contribution in [0, 0.1) is 5.92 Å². The Morgan fingerprint density at radius 2 is 2.08 bits per heavy atom. The summed E-state index contributed by atoms with van der Waals surface area (Å²) >= 11 is 0. The van der Waals surface area contributed by atoms with Crippen molar-refractivity contribution < 1.29 is 4.74 Å². The van der Waals surface area contributed by atoms with Crippen LogP contribution >= 0.6 is 0 Å². The Morgan fingerprint density at radius 1 is 1.31 bits per heavy atom. The van der Waals surface area contributed by atoms with Gasteiger partial charge in [0.05, 0.1) is 7.11 Å². The highest BCUT2D eigenvalue weighted by molar-refractivity contribution is 5.45. The number of ether oxygens (including phenoxy) is 1. The number of nitrogens with one attached hydrogen (secondary N) is 1. The standard InChI is InChI=1S/C22H35N3O/c1-22-9-12-24(2)20(13-17-5-6-18(26-4)14-19(17)22)21(22)25(3)15-16-7-10-23-11-8-16/h5-6,14,16,20-21,23H,7-13,15H2,1-4H3/t20-,21-,22?/m1/s1. The van der Waals surface area contributed by atoms with Crippen molar-refractivity contribution in [1.29, 1.82) is 0 Å². The average Bonchev–Trinajstić information content (AvgIpc) is 2.65. The van der Waals surface area contributed by atoms with Gasteiger partial charge in [0.2, 0.25) is 0 Å². The van der Waals surface area contributed by atoms with Crippen molar-refractivity contribution in [3.63, 3.8) is 0 Å². The van der Waals surface area contributed by atoms with Gasteiger partial charge in [0.1, 0.15) is 5.75 Å². The minimum absolute atomic E-state index is 0.209. The van der Waals surface area contributed by atoms with E-state index in [4.69, 9.17) is 4.74 Å². The summed E-state index contributed by atoms with van der Waals surface area (Å²) < 4.78 is 5.57. The molecular weight excluding hydrogens is 322 g/mol. The number of fused-ring (bicyclic) bond motifs is 4. The van der Waals surface area contributed by atoms with Gasteiger partial charge in [-0.25, -0.2) is 0 Å². The number of piperidine rings is 2. The molecule has 2 saturated heterocycles. The summed E-state index contributed by atoms with van der Waals surface area (Å²) in [4.78, 5) is 5.32. The first-order valence-corrected chi connectivity index (χ1v) is 10.3. The zero-order valence-corrected chi connectivity index (χ0v) is 16.9. The van der Waals surface area contributed by atoms with Crippen LogP contribution in [0.5, 0.6) is 5.75 Å². The molecule has 1 aromatic rings. The summed E-state index contributed by atoms with van der Waals surface area (Å²) in [6, 6.07) is 7.96. The van der Waals surface area contributed by atoms with Gasteiger partial charge in [-0.1, -0.05) is 13.0 Å². The first-order chi connectivity index (χ1) is 12.5. The predicted octanol–water partition coefficient (Wildman–Crippen LogP) is 2.51. The van der Waals surface area contributed by atoms with Crippen molar-refractivity contribution >= 4 is 0 Å². The molecule has 4 heteroatoms. The molecule has 3 atom stereocenters. The average molecular weight is 358 g/mol. The topological polar surface area (TPSA) is 27.7 Å². The molecule has 2 fully saturated rings. The van der Waals surface area contributed by atoms with Gasteiger partial charge in [-0.3, -0.25) is 0 Å². The molecule has 3 aliphatic rings. The molecule has 0 amide bonds. The quantitative estimate of drug-likeness (QED) is 0.896. The summed E-state index contributed by atoms with van der Waals surface area (Å²) in [5, 5.41) is 3.51. The fourth-order valence-electron chi connectivity index (χ4n) is 5.93. The smallest absolute Gasteiger partial charge is 0.119 e. The summed E-state index contributed by atoms with van der Waals surface area (Å²) in [5.74, 6) is 1.84. The Bertz CT molecular complexity index is 642. The normalized spacial score (nSPS) is 32.5. The zero-order chi connectivity index (χ0) is 18.3. The minimum Gasteiger partial charge on any atom is -0.497 e. The third-order valence-corrected chi connectivity index (χ3v) is 7.41. The predicted molar refractivity (Wildman–Crippen MR) is 107 cm³/mol. The molecule has 0 spiro atoms. The maximum Gasteiger partial charge on any atom is 0.119 e. The number of hydrogen-bond acceptors (Lipinski definition) is 4. The van der Waals surface area contributed by atoms with Crippen molar-refractivity contribution in [3.8, 4) is 5.75 Å². The molecule has 144 valence electrons. The zero-order valence-electron chi connectivity index (χ0n) is 16.9. The van der Waals surface area contributed by atoms with Gasteiger partial charge < -0.3 is 19.9 Å². The first kappa shape index (κ1) is 18.3. The van der Waals surface area contributed by atoms with Gasteiger partial charge in [0, 0.05) is 24.0 Å². The molecule has 4 nitrogen and oxygen atoms in total. The van der Waals surface area contributed by atoms with Crippen LogP contribution in [0.3, 0.4) is 0 Å². The highest BCUT2D eigenvalue weighted by Crippen LogP contribution is 2.47.